The first-order chi connectivity index (χ1) is 11.9. The molecule has 0 amide bonds. The number of nitrogens with one attached hydrogen (secondary N) is 1. The number of unbranched alkanes of at least 4 members (excludes halogenated alkanes) is 16. The van der Waals surface area contributed by atoms with Gasteiger partial charge in [0, 0.05) is 6.61 Å². The summed E-state index contributed by atoms with van der Waals surface area (Å²) in [7, 11) is 0. The highest BCUT2D eigenvalue weighted by atomic mass is 16.2. The highest BCUT2D eigenvalue weighted by Gasteiger charge is 1.95. The van der Waals surface area contributed by atoms with E-state index in [2.05, 4.69) is 12.2 Å². The average molecular weight is 342 g/mol. The molecule has 0 fully saturated rings. The van der Waals surface area contributed by atoms with Gasteiger partial charge in [0.05, 0.1) is 0 Å². The van der Waals surface area contributed by atoms with E-state index in [4.69, 9.17) is 5.11 Å². The molecule has 2 nitrogen and oxygen atoms in total. The highest BCUT2D eigenvalue weighted by Crippen LogP contribution is 2.13. The van der Waals surface area contributed by atoms with Gasteiger partial charge < -0.3 is 10.4 Å². The molecule has 2 heteroatoms. The van der Waals surface area contributed by atoms with E-state index in [0.29, 0.717) is 6.61 Å². The molecular formula is C22H47NO. The molecule has 0 rings (SSSR count). The summed E-state index contributed by atoms with van der Waals surface area (Å²) < 4.78 is 0. The molecule has 0 saturated carbocycles. The minimum atomic E-state index is 0.334. The van der Waals surface area contributed by atoms with Crippen LogP contribution in [0, 0.1) is 0 Å². The number of rotatable bonds is 21. The van der Waals surface area contributed by atoms with Crippen molar-refractivity contribution in [2.24, 2.45) is 0 Å². The molecule has 0 radical (unpaired) electrons. The van der Waals surface area contributed by atoms with Crippen LogP contribution in [0.15, 0.2) is 0 Å². The summed E-state index contributed by atoms with van der Waals surface area (Å²) in [5.41, 5.74) is 0. The molecular weight excluding hydrogens is 294 g/mol. The normalized spacial score (nSPS) is 11.2. The fourth-order valence-corrected chi connectivity index (χ4v) is 3.28. The van der Waals surface area contributed by atoms with E-state index >= 15 is 0 Å². The summed E-state index contributed by atoms with van der Waals surface area (Å²) in [6.45, 7) is 4.85. The van der Waals surface area contributed by atoms with Gasteiger partial charge in [-0.25, -0.2) is 0 Å². The predicted molar refractivity (Wildman–Crippen MR) is 109 cm³/mol. The topological polar surface area (TPSA) is 32.3 Å². The number of aliphatic hydroxyl groups excluding tert-OH is 1. The molecule has 0 aromatic carbocycles. The standard InChI is InChI=1S/C22H47NO/c1-2-3-4-5-6-7-8-9-10-11-12-13-14-15-16-17-20-23-21-18-19-22-24/h23-24H,2-22H2,1H3. The van der Waals surface area contributed by atoms with Gasteiger partial charge in [-0.05, 0) is 32.4 Å². The molecule has 0 aromatic heterocycles. The van der Waals surface area contributed by atoms with Gasteiger partial charge in [0.15, 0.2) is 0 Å². The maximum Gasteiger partial charge on any atom is 0.0431 e. The molecule has 0 heterocycles. The first-order valence-electron chi connectivity index (χ1n) is 11.2. The van der Waals surface area contributed by atoms with Crippen LogP contribution in [0.4, 0.5) is 0 Å². The van der Waals surface area contributed by atoms with Crippen molar-refractivity contribution in [3.8, 4) is 0 Å². The summed E-state index contributed by atoms with van der Waals surface area (Å²) in [6.07, 6.45) is 25.0. The fraction of sp³-hybridized carbons (Fsp3) is 1.00. The van der Waals surface area contributed by atoms with Gasteiger partial charge in [0.1, 0.15) is 0 Å². The van der Waals surface area contributed by atoms with Crippen LogP contribution in [0.1, 0.15) is 122 Å². The van der Waals surface area contributed by atoms with E-state index in [1.165, 1.54) is 103 Å². The molecule has 0 spiro atoms. The smallest absolute Gasteiger partial charge is 0.0431 e. The predicted octanol–water partition coefficient (Wildman–Crippen LogP) is 6.61. The minimum Gasteiger partial charge on any atom is -0.396 e. The van der Waals surface area contributed by atoms with Crippen LogP contribution >= 0.6 is 0 Å². The molecule has 24 heavy (non-hydrogen) atoms. The highest BCUT2D eigenvalue weighted by molar-refractivity contribution is 4.52. The van der Waals surface area contributed by atoms with Crippen LogP contribution in [0.25, 0.3) is 0 Å². The van der Waals surface area contributed by atoms with Gasteiger partial charge >= 0.3 is 0 Å². The Bertz CT molecular complexity index is 186. The van der Waals surface area contributed by atoms with Gasteiger partial charge in [-0.2, -0.15) is 0 Å². The summed E-state index contributed by atoms with van der Waals surface area (Å²) in [5.74, 6) is 0. The van der Waals surface area contributed by atoms with Crippen LogP contribution in [0.2, 0.25) is 0 Å². The maximum atomic E-state index is 8.69. The van der Waals surface area contributed by atoms with Crippen molar-refractivity contribution < 1.29 is 5.11 Å². The lowest BCUT2D eigenvalue weighted by Gasteiger charge is -2.05. The van der Waals surface area contributed by atoms with Gasteiger partial charge in [-0.3, -0.25) is 0 Å². The Balaban J connectivity index is 2.93. The summed E-state index contributed by atoms with van der Waals surface area (Å²) in [4.78, 5) is 0. The second-order valence-corrected chi connectivity index (χ2v) is 7.48. The third kappa shape index (κ3) is 21.9. The summed E-state index contributed by atoms with van der Waals surface area (Å²) in [6, 6.07) is 0. The lowest BCUT2D eigenvalue weighted by molar-refractivity contribution is 0.283. The Morgan fingerprint density at radius 2 is 0.792 bits per heavy atom. The van der Waals surface area contributed by atoms with Crippen LogP contribution in [0.3, 0.4) is 0 Å². The Labute approximate surface area is 153 Å². The molecule has 0 aliphatic rings. The van der Waals surface area contributed by atoms with E-state index < -0.39 is 0 Å². The Hall–Kier alpha value is -0.0800. The van der Waals surface area contributed by atoms with Crippen LogP contribution in [-0.2, 0) is 0 Å². The third-order valence-electron chi connectivity index (χ3n) is 4.97. The van der Waals surface area contributed by atoms with E-state index in [0.717, 1.165) is 25.9 Å². The Morgan fingerprint density at radius 1 is 0.458 bits per heavy atom. The molecule has 0 unspecified atom stereocenters. The second kappa shape index (κ2) is 22.9. The molecule has 0 atom stereocenters. The van der Waals surface area contributed by atoms with Crippen molar-refractivity contribution in [1.82, 2.24) is 5.32 Å². The quantitative estimate of drug-likeness (QED) is 0.230. The van der Waals surface area contributed by atoms with Crippen molar-refractivity contribution in [3.63, 3.8) is 0 Å². The first kappa shape index (κ1) is 23.9. The molecule has 0 bridgehead atoms. The van der Waals surface area contributed by atoms with Crippen LogP contribution in [-0.4, -0.2) is 24.8 Å². The molecule has 0 aliphatic heterocycles. The lowest BCUT2D eigenvalue weighted by atomic mass is 10.0. The number of hydrogen-bond acceptors (Lipinski definition) is 2. The van der Waals surface area contributed by atoms with Crippen molar-refractivity contribution in [2.75, 3.05) is 19.7 Å². The van der Waals surface area contributed by atoms with Crippen molar-refractivity contribution >= 4 is 0 Å². The third-order valence-corrected chi connectivity index (χ3v) is 4.97. The average Bonchev–Trinajstić information content (AvgIpc) is 2.60. The largest absolute Gasteiger partial charge is 0.396 e. The van der Waals surface area contributed by atoms with Crippen molar-refractivity contribution in [2.45, 2.75) is 122 Å². The van der Waals surface area contributed by atoms with Crippen LogP contribution in [0.5, 0.6) is 0 Å². The fourth-order valence-electron chi connectivity index (χ4n) is 3.28. The van der Waals surface area contributed by atoms with E-state index in [1.807, 2.05) is 0 Å². The summed E-state index contributed by atoms with van der Waals surface area (Å²) >= 11 is 0. The van der Waals surface area contributed by atoms with Gasteiger partial charge in [-0.1, -0.05) is 103 Å². The minimum absolute atomic E-state index is 0.334. The Morgan fingerprint density at radius 3 is 1.17 bits per heavy atom. The zero-order valence-electron chi connectivity index (χ0n) is 16.8. The molecule has 0 aliphatic carbocycles. The van der Waals surface area contributed by atoms with Crippen molar-refractivity contribution in [3.05, 3.63) is 0 Å². The number of aliphatic hydroxyl groups is 1. The zero-order valence-corrected chi connectivity index (χ0v) is 16.8. The molecule has 0 saturated heterocycles. The first-order valence-corrected chi connectivity index (χ1v) is 11.2. The SMILES string of the molecule is CCCCCCCCCCCCCCCCCCNCCCCO. The van der Waals surface area contributed by atoms with E-state index in [-0.39, 0.29) is 0 Å². The van der Waals surface area contributed by atoms with Gasteiger partial charge in [0.2, 0.25) is 0 Å². The molecule has 146 valence electrons. The maximum absolute atomic E-state index is 8.69. The summed E-state index contributed by atoms with van der Waals surface area (Å²) in [5, 5.41) is 12.1. The van der Waals surface area contributed by atoms with Gasteiger partial charge in [0.25, 0.3) is 0 Å². The van der Waals surface area contributed by atoms with Crippen LogP contribution < -0.4 is 5.32 Å². The number of hydrogen-bond donors (Lipinski definition) is 2. The Kier molecular flexibility index (Phi) is 22.8. The molecule has 0 aromatic rings. The lowest BCUT2D eigenvalue weighted by Crippen LogP contribution is -2.16. The van der Waals surface area contributed by atoms with Gasteiger partial charge in [-0.15, -0.1) is 0 Å². The monoisotopic (exact) mass is 341 g/mol. The van der Waals surface area contributed by atoms with E-state index in [1.54, 1.807) is 0 Å². The zero-order chi connectivity index (χ0) is 17.6. The van der Waals surface area contributed by atoms with E-state index in [9.17, 15) is 0 Å². The van der Waals surface area contributed by atoms with Crippen molar-refractivity contribution in [1.29, 1.82) is 0 Å². The molecule has 2 N–H and O–H groups in total. The second-order valence-electron chi connectivity index (χ2n) is 7.48.